The fourth-order valence-corrected chi connectivity index (χ4v) is 7.87. The van der Waals surface area contributed by atoms with E-state index in [-0.39, 0.29) is 53.5 Å². The van der Waals surface area contributed by atoms with Gasteiger partial charge in [-0.15, -0.1) is 11.3 Å². The number of aryl methyl sites for hydroxylation is 1. The number of aliphatic hydroxyl groups is 1. The summed E-state index contributed by atoms with van der Waals surface area (Å²) in [4.78, 5) is 31.9. The van der Waals surface area contributed by atoms with Crippen molar-refractivity contribution in [2.24, 2.45) is 11.8 Å². The Labute approximate surface area is 289 Å². The van der Waals surface area contributed by atoms with Crippen molar-refractivity contribution >= 4 is 44.6 Å². The van der Waals surface area contributed by atoms with Crippen LogP contribution in [0.25, 0.3) is 0 Å². The molecule has 48 heavy (non-hydrogen) atoms. The van der Waals surface area contributed by atoms with Crippen LogP contribution in [0.2, 0.25) is 5.02 Å². The maximum atomic E-state index is 14.0. The monoisotopic (exact) mass is 718 g/mol. The molecule has 0 aliphatic carbocycles. The van der Waals surface area contributed by atoms with Gasteiger partial charge in [0.05, 0.1) is 51.2 Å². The van der Waals surface area contributed by atoms with Gasteiger partial charge in [-0.3, -0.25) is 13.9 Å². The fourth-order valence-electron chi connectivity index (χ4n) is 5.49. The Morgan fingerprint density at radius 3 is 2.40 bits per heavy atom. The van der Waals surface area contributed by atoms with E-state index in [1.807, 2.05) is 51.1 Å². The molecule has 0 bridgehead atoms. The van der Waals surface area contributed by atoms with E-state index in [9.17, 15) is 28.2 Å². The highest BCUT2D eigenvalue weighted by Crippen LogP contribution is 2.26. The van der Waals surface area contributed by atoms with Crippen LogP contribution in [0.3, 0.4) is 0 Å². The molecular formula is C33H43ClN6O6S2. The van der Waals surface area contributed by atoms with Gasteiger partial charge in [0.1, 0.15) is 6.04 Å². The number of hydrogen-bond acceptors (Lipinski definition) is 9. The molecular weight excluding hydrogens is 676 g/mol. The molecule has 3 atom stereocenters. The predicted octanol–water partition coefficient (Wildman–Crippen LogP) is 4.04. The van der Waals surface area contributed by atoms with E-state index < -0.39 is 45.7 Å². The van der Waals surface area contributed by atoms with Crippen LogP contribution >= 0.6 is 22.9 Å². The first-order valence-corrected chi connectivity index (χ1v) is 18.3. The van der Waals surface area contributed by atoms with Gasteiger partial charge in [0.25, 0.3) is 0 Å². The van der Waals surface area contributed by atoms with Crippen molar-refractivity contribution in [3.05, 3.63) is 91.9 Å². The summed E-state index contributed by atoms with van der Waals surface area (Å²) in [5.74, 6) is -1.39. The Morgan fingerprint density at radius 1 is 1.12 bits per heavy atom. The number of aliphatic hydroxyl groups excluding tert-OH is 1. The molecule has 0 aliphatic heterocycles. The lowest BCUT2D eigenvalue weighted by Crippen LogP contribution is -2.53. The van der Waals surface area contributed by atoms with E-state index in [1.165, 1.54) is 44.6 Å². The van der Waals surface area contributed by atoms with Crippen molar-refractivity contribution in [2.75, 3.05) is 18.8 Å². The number of benzene rings is 2. The van der Waals surface area contributed by atoms with Gasteiger partial charge >= 0.3 is 5.69 Å². The first-order chi connectivity index (χ1) is 22.6. The second kappa shape index (κ2) is 15.7. The first kappa shape index (κ1) is 37.1. The Kier molecular flexibility index (Phi) is 12.1. The number of rotatable bonds is 15. The SMILES string of the molecule is Cc1nc(Cn2c(O)cn([C@H](C(=O)N[C@@H](Cc3ccccc3)[C@H](O)CN(CC(C)C)S(=O)(=O)c3ccc(Cl)c(N)c3)C(C)C)c2=O)cs1. The van der Waals surface area contributed by atoms with Crippen molar-refractivity contribution in [1.29, 1.82) is 0 Å². The van der Waals surface area contributed by atoms with E-state index in [0.29, 0.717) is 5.69 Å². The number of aromatic hydroxyl groups is 1. The van der Waals surface area contributed by atoms with Gasteiger partial charge in [0.15, 0.2) is 0 Å². The number of hydrogen-bond donors (Lipinski definition) is 4. The number of nitrogen functional groups attached to an aromatic ring is 1. The van der Waals surface area contributed by atoms with E-state index in [1.54, 1.807) is 19.2 Å². The van der Waals surface area contributed by atoms with Crippen LogP contribution in [-0.2, 0) is 27.8 Å². The van der Waals surface area contributed by atoms with E-state index in [2.05, 4.69) is 10.3 Å². The fraction of sp³-hybridized carbons (Fsp3) is 0.424. The van der Waals surface area contributed by atoms with Gasteiger partial charge in [-0.05, 0) is 48.9 Å². The van der Waals surface area contributed by atoms with E-state index in [0.717, 1.165) is 15.1 Å². The lowest BCUT2D eigenvalue weighted by molar-refractivity contribution is -0.127. The molecule has 12 nitrogen and oxygen atoms in total. The molecule has 260 valence electrons. The highest BCUT2D eigenvalue weighted by molar-refractivity contribution is 7.89. The molecule has 15 heteroatoms. The Balaban J connectivity index is 1.65. The van der Waals surface area contributed by atoms with E-state index in [4.69, 9.17) is 17.3 Å². The third kappa shape index (κ3) is 8.85. The number of carbonyl (C=O) groups excluding carboxylic acids is 1. The Bertz CT molecular complexity index is 1870. The van der Waals surface area contributed by atoms with Crippen molar-refractivity contribution in [1.82, 2.24) is 23.7 Å². The number of halogens is 1. The molecule has 0 unspecified atom stereocenters. The zero-order chi connectivity index (χ0) is 35.3. The maximum absolute atomic E-state index is 14.0. The summed E-state index contributed by atoms with van der Waals surface area (Å²) >= 11 is 7.46. The normalized spacial score (nSPS) is 14.0. The number of sulfonamides is 1. The molecule has 0 fully saturated rings. The topological polar surface area (TPSA) is 173 Å². The number of aromatic nitrogens is 3. The highest BCUT2D eigenvalue weighted by Gasteiger charge is 2.34. The van der Waals surface area contributed by atoms with Gasteiger partial charge in [-0.2, -0.15) is 4.31 Å². The number of amides is 1. The van der Waals surface area contributed by atoms with Gasteiger partial charge in [-0.25, -0.2) is 18.2 Å². The number of nitrogens with two attached hydrogens (primary N) is 1. The Hall–Kier alpha value is -3.69. The number of thiazole rings is 1. The standard InChI is InChI=1S/C33H43ClN6O6S2/c1-20(2)15-38(48(45,46)25-11-12-26(34)27(35)14-25)17-29(41)28(13-23-9-7-6-8-10-23)37-32(43)31(21(3)4)40-18-30(42)39(33(40)44)16-24-19-47-22(5)36-24/h6-12,14,18-21,28-29,31,41-42H,13,15-17,35H2,1-5H3,(H,37,43)/t28-,29+,31-/m0/s1. The summed E-state index contributed by atoms with van der Waals surface area (Å²) < 4.78 is 31.1. The minimum Gasteiger partial charge on any atom is -0.493 e. The van der Waals surface area contributed by atoms with Gasteiger partial charge < -0.3 is 21.3 Å². The molecule has 4 rings (SSSR count). The molecule has 2 aromatic heterocycles. The van der Waals surface area contributed by atoms with Gasteiger partial charge in [0.2, 0.25) is 21.8 Å². The van der Waals surface area contributed by atoms with Crippen LogP contribution in [0.1, 0.15) is 50.0 Å². The first-order valence-electron chi connectivity index (χ1n) is 15.6. The summed E-state index contributed by atoms with van der Waals surface area (Å²) in [5.41, 5.74) is 6.83. The summed E-state index contributed by atoms with van der Waals surface area (Å²) in [5, 5.41) is 28.1. The van der Waals surface area contributed by atoms with Crippen molar-refractivity contribution in [3.8, 4) is 5.88 Å². The average molecular weight is 719 g/mol. The van der Waals surface area contributed by atoms with Crippen molar-refractivity contribution in [2.45, 2.75) is 70.7 Å². The smallest absolute Gasteiger partial charge is 0.332 e. The van der Waals surface area contributed by atoms with Crippen molar-refractivity contribution in [3.63, 3.8) is 0 Å². The van der Waals surface area contributed by atoms with Gasteiger partial charge in [-0.1, -0.05) is 69.6 Å². The van der Waals surface area contributed by atoms with Crippen molar-refractivity contribution < 1.29 is 23.4 Å². The van der Waals surface area contributed by atoms with Crippen LogP contribution < -0.4 is 16.7 Å². The number of carbonyl (C=O) groups is 1. The lowest BCUT2D eigenvalue weighted by Gasteiger charge is -2.32. The van der Waals surface area contributed by atoms with Gasteiger partial charge in [0, 0.05) is 18.5 Å². The van der Waals surface area contributed by atoms with Crippen LogP contribution in [-0.4, -0.2) is 68.2 Å². The molecule has 2 aromatic carbocycles. The third-order valence-corrected chi connectivity index (χ3v) is 10.8. The largest absolute Gasteiger partial charge is 0.493 e. The number of nitrogens with zero attached hydrogens (tertiary/aromatic N) is 4. The summed E-state index contributed by atoms with van der Waals surface area (Å²) in [6.45, 7) is 8.88. The predicted molar refractivity (Wildman–Crippen MR) is 188 cm³/mol. The molecule has 1 amide bonds. The summed E-state index contributed by atoms with van der Waals surface area (Å²) in [6, 6.07) is 11.2. The zero-order valence-corrected chi connectivity index (χ0v) is 30.0. The van der Waals surface area contributed by atoms with Crippen LogP contribution in [0.15, 0.2) is 69.8 Å². The molecule has 5 N–H and O–H groups in total. The zero-order valence-electron chi connectivity index (χ0n) is 27.6. The molecule has 0 saturated carbocycles. The maximum Gasteiger partial charge on any atom is 0.332 e. The summed E-state index contributed by atoms with van der Waals surface area (Å²) in [7, 11) is -4.13. The number of nitrogens with one attached hydrogen (secondary N) is 1. The molecule has 2 heterocycles. The van der Waals surface area contributed by atoms with E-state index >= 15 is 0 Å². The van der Waals surface area contributed by atoms with Crippen LogP contribution in [0.5, 0.6) is 5.88 Å². The molecule has 0 aliphatic rings. The second-order valence-corrected chi connectivity index (χ2v) is 16.0. The molecule has 0 radical (unpaired) electrons. The summed E-state index contributed by atoms with van der Waals surface area (Å²) in [6.07, 6.45) is 0.0398. The quantitative estimate of drug-likeness (QED) is 0.133. The molecule has 0 spiro atoms. The third-order valence-electron chi connectivity index (χ3n) is 7.82. The average Bonchev–Trinajstić information content (AvgIpc) is 3.55. The number of anilines is 1. The van der Waals surface area contributed by atoms with Crippen LogP contribution in [0.4, 0.5) is 5.69 Å². The molecule has 0 saturated heterocycles. The highest BCUT2D eigenvalue weighted by atomic mass is 35.5. The number of imidazole rings is 1. The lowest BCUT2D eigenvalue weighted by atomic mass is 9.98. The Morgan fingerprint density at radius 2 is 1.81 bits per heavy atom. The second-order valence-electron chi connectivity index (χ2n) is 12.6. The minimum atomic E-state index is -4.13. The minimum absolute atomic E-state index is 0.0310. The van der Waals surface area contributed by atoms with Crippen LogP contribution in [0, 0.1) is 18.8 Å². The molecule has 4 aromatic rings.